The molecule has 6 heteroatoms. The molecule has 2 N–H and O–H groups in total. The van der Waals surface area contributed by atoms with Crippen molar-refractivity contribution in [1.29, 1.82) is 0 Å². The number of hydrogen-bond donors (Lipinski definition) is 2. The topological polar surface area (TPSA) is 86.7 Å². The van der Waals surface area contributed by atoms with Crippen LogP contribution in [0.25, 0.3) is 0 Å². The number of carboxylic acids is 1. The van der Waals surface area contributed by atoms with Gasteiger partial charge in [0.15, 0.2) is 0 Å². The van der Waals surface area contributed by atoms with Crippen molar-refractivity contribution in [1.82, 2.24) is 10.2 Å². The summed E-state index contributed by atoms with van der Waals surface area (Å²) in [6, 6.07) is -0.739. The number of amides is 2. The minimum atomic E-state index is -1.11. The van der Waals surface area contributed by atoms with Gasteiger partial charge in [0.05, 0.1) is 0 Å². The quantitative estimate of drug-likeness (QED) is 0.606. The third kappa shape index (κ3) is 5.14. The molecule has 0 saturated carbocycles. The first-order valence-corrected chi connectivity index (χ1v) is 4.77. The second-order valence-corrected chi connectivity index (χ2v) is 3.32. The minimum absolute atomic E-state index is 0.134. The Morgan fingerprint density at radius 3 is 2.44 bits per heavy atom. The van der Waals surface area contributed by atoms with Crippen molar-refractivity contribution >= 4 is 17.8 Å². The summed E-state index contributed by atoms with van der Waals surface area (Å²) in [4.78, 5) is 34.1. The zero-order valence-electron chi connectivity index (χ0n) is 9.40. The van der Waals surface area contributed by atoms with E-state index in [2.05, 4.69) is 11.9 Å². The molecule has 0 aliphatic heterocycles. The van der Waals surface area contributed by atoms with Crippen molar-refractivity contribution in [2.75, 3.05) is 13.1 Å². The van der Waals surface area contributed by atoms with E-state index in [4.69, 9.17) is 5.11 Å². The van der Waals surface area contributed by atoms with Gasteiger partial charge >= 0.3 is 5.97 Å². The fourth-order valence-electron chi connectivity index (χ4n) is 1.19. The average molecular weight is 228 g/mol. The molecule has 0 aliphatic carbocycles. The summed E-state index contributed by atoms with van der Waals surface area (Å²) < 4.78 is 0. The molecule has 0 aromatic heterocycles. The van der Waals surface area contributed by atoms with Crippen LogP contribution in [0.15, 0.2) is 12.7 Å². The van der Waals surface area contributed by atoms with Crippen LogP contribution in [0.5, 0.6) is 0 Å². The molecule has 16 heavy (non-hydrogen) atoms. The maximum atomic E-state index is 11.7. The monoisotopic (exact) mass is 228 g/mol. The molecule has 0 bridgehead atoms. The average Bonchev–Trinajstić information content (AvgIpc) is 2.14. The van der Waals surface area contributed by atoms with Crippen LogP contribution in [0.3, 0.4) is 0 Å². The van der Waals surface area contributed by atoms with E-state index in [-0.39, 0.29) is 12.5 Å². The summed E-state index contributed by atoms with van der Waals surface area (Å²) in [5, 5.41) is 11.0. The van der Waals surface area contributed by atoms with Crippen molar-refractivity contribution in [2.45, 2.75) is 19.9 Å². The van der Waals surface area contributed by atoms with Crippen LogP contribution in [-0.2, 0) is 14.4 Å². The molecule has 6 nitrogen and oxygen atoms in total. The van der Waals surface area contributed by atoms with Gasteiger partial charge in [-0.15, -0.1) is 6.58 Å². The van der Waals surface area contributed by atoms with Crippen molar-refractivity contribution in [3.05, 3.63) is 12.7 Å². The molecule has 0 radical (unpaired) electrons. The summed E-state index contributed by atoms with van der Waals surface area (Å²) in [5.74, 6) is -1.89. The standard InChI is InChI=1S/C10H16N2O4/c1-4-5-12(6-9(14)15)10(16)7(2)11-8(3)13/h4,7H,1,5-6H2,2-3H3,(H,11,13)(H,14,15). The summed E-state index contributed by atoms with van der Waals surface area (Å²) >= 11 is 0. The lowest BCUT2D eigenvalue weighted by molar-refractivity contribution is -0.145. The summed E-state index contributed by atoms with van der Waals surface area (Å²) in [5.41, 5.74) is 0. The van der Waals surface area contributed by atoms with Gasteiger partial charge in [-0.3, -0.25) is 14.4 Å². The normalized spacial score (nSPS) is 11.4. The van der Waals surface area contributed by atoms with Gasteiger partial charge < -0.3 is 15.3 Å². The van der Waals surface area contributed by atoms with E-state index in [1.54, 1.807) is 0 Å². The van der Waals surface area contributed by atoms with Gasteiger partial charge in [-0.1, -0.05) is 6.08 Å². The highest BCUT2D eigenvalue weighted by Gasteiger charge is 2.21. The molecule has 0 heterocycles. The number of hydrogen-bond acceptors (Lipinski definition) is 3. The van der Waals surface area contributed by atoms with Crippen molar-refractivity contribution in [3.63, 3.8) is 0 Å². The first kappa shape index (κ1) is 14.2. The lowest BCUT2D eigenvalue weighted by Crippen LogP contribution is -2.48. The highest BCUT2D eigenvalue weighted by atomic mass is 16.4. The van der Waals surface area contributed by atoms with E-state index in [0.29, 0.717) is 0 Å². The first-order valence-electron chi connectivity index (χ1n) is 4.77. The maximum Gasteiger partial charge on any atom is 0.323 e. The molecule has 0 aliphatic rings. The molecular weight excluding hydrogens is 212 g/mol. The van der Waals surface area contributed by atoms with E-state index >= 15 is 0 Å². The Bertz CT molecular complexity index is 301. The van der Waals surface area contributed by atoms with Crippen LogP contribution in [0.4, 0.5) is 0 Å². The molecule has 0 rings (SSSR count). The number of carboxylic acid groups (broad SMARTS) is 1. The molecule has 1 atom stereocenters. The Labute approximate surface area is 93.9 Å². The highest BCUT2D eigenvalue weighted by Crippen LogP contribution is 1.96. The highest BCUT2D eigenvalue weighted by molar-refractivity contribution is 5.88. The minimum Gasteiger partial charge on any atom is -0.480 e. The summed E-state index contributed by atoms with van der Waals surface area (Å²) in [6.07, 6.45) is 1.43. The fourth-order valence-corrected chi connectivity index (χ4v) is 1.19. The SMILES string of the molecule is C=CCN(CC(=O)O)C(=O)C(C)NC(C)=O. The van der Waals surface area contributed by atoms with Gasteiger partial charge in [-0.05, 0) is 6.92 Å². The molecular formula is C10H16N2O4. The number of carbonyl (C=O) groups is 3. The van der Waals surface area contributed by atoms with Crippen LogP contribution >= 0.6 is 0 Å². The third-order valence-corrected chi connectivity index (χ3v) is 1.78. The molecule has 0 aromatic carbocycles. The van der Waals surface area contributed by atoms with Crippen molar-refractivity contribution in [3.8, 4) is 0 Å². The Morgan fingerprint density at radius 1 is 1.50 bits per heavy atom. The third-order valence-electron chi connectivity index (χ3n) is 1.78. The van der Waals surface area contributed by atoms with Crippen LogP contribution in [0.2, 0.25) is 0 Å². The number of aliphatic carboxylic acids is 1. The van der Waals surface area contributed by atoms with Gasteiger partial charge in [0, 0.05) is 13.5 Å². The number of nitrogens with zero attached hydrogens (tertiary/aromatic N) is 1. The predicted molar refractivity (Wildman–Crippen MR) is 57.7 cm³/mol. The van der Waals surface area contributed by atoms with Gasteiger partial charge in [0.25, 0.3) is 0 Å². The van der Waals surface area contributed by atoms with Gasteiger partial charge in [-0.2, -0.15) is 0 Å². The first-order chi connectivity index (χ1) is 7.38. The van der Waals surface area contributed by atoms with E-state index in [1.807, 2.05) is 0 Å². The lowest BCUT2D eigenvalue weighted by Gasteiger charge is -2.23. The Morgan fingerprint density at radius 2 is 2.06 bits per heavy atom. The van der Waals surface area contributed by atoms with Crippen LogP contribution < -0.4 is 5.32 Å². The second-order valence-electron chi connectivity index (χ2n) is 3.32. The maximum absolute atomic E-state index is 11.7. The number of carbonyl (C=O) groups excluding carboxylic acids is 2. The van der Waals surface area contributed by atoms with E-state index < -0.39 is 24.5 Å². The van der Waals surface area contributed by atoms with Crippen molar-refractivity contribution < 1.29 is 19.5 Å². The zero-order valence-corrected chi connectivity index (χ0v) is 9.40. The molecule has 0 aromatic rings. The van der Waals surface area contributed by atoms with Gasteiger partial charge in [0.1, 0.15) is 12.6 Å². The number of nitrogens with one attached hydrogen (secondary N) is 1. The smallest absolute Gasteiger partial charge is 0.323 e. The van der Waals surface area contributed by atoms with Gasteiger partial charge in [0.2, 0.25) is 11.8 Å². The summed E-state index contributed by atoms with van der Waals surface area (Å²) in [6.45, 7) is 5.95. The van der Waals surface area contributed by atoms with Gasteiger partial charge in [-0.25, -0.2) is 0 Å². The summed E-state index contributed by atoms with van der Waals surface area (Å²) in [7, 11) is 0. The van der Waals surface area contributed by atoms with Crippen LogP contribution in [0.1, 0.15) is 13.8 Å². The molecule has 90 valence electrons. The number of rotatable bonds is 6. The zero-order chi connectivity index (χ0) is 12.7. The van der Waals surface area contributed by atoms with Crippen LogP contribution in [-0.4, -0.2) is 46.9 Å². The molecule has 0 fully saturated rings. The van der Waals surface area contributed by atoms with Crippen molar-refractivity contribution in [2.24, 2.45) is 0 Å². The van der Waals surface area contributed by atoms with E-state index in [1.165, 1.54) is 19.9 Å². The second kappa shape index (κ2) is 6.60. The Hall–Kier alpha value is -1.85. The predicted octanol–water partition coefficient (Wildman–Crippen LogP) is -0.390. The molecule has 0 saturated heterocycles. The largest absolute Gasteiger partial charge is 0.480 e. The lowest BCUT2D eigenvalue weighted by atomic mass is 10.2. The molecule has 2 amide bonds. The van der Waals surface area contributed by atoms with Crippen LogP contribution in [0, 0.1) is 0 Å². The Kier molecular flexibility index (Phi) is 5.84. The fraction of sp³-hybridized carbons (Fsp3) is 0.500. The van der Waals surface area contributed by atoms with E-state index in [0.717, 1.165) is 4.90 Å². The molecule has 1 unspecified atom stereocenters. The molecule has 0 spiro atoms. The van der Waals surface area contributed by atoms with E-state index in [9.17, 15) is 14.4 Å². The Balaban J connectivity index is 4.52.